The molecule has 2 N–H and O–H groups in total. The monoisotopic (exact) mass is 176 g/mol. The predicted octanol–water partition coefficient (Wildman–Crippen LogP) is 2.06. The van der Waals surface area contributed by atoms with Crippen LogP contribution in [-0.2, 0) is 0 Å². The maximum Gasteiger partial charge on any atom is 0.0144 e. The molecule has 2 heteroatoms. The third kappa shape index (κ3) is 5.79. The Hall–Kier alpha value is -1.44. The van der Waals surface area contributed by atoms with E-state index in [1.54, 1.807) is 0 Å². The van der Waals surface area contributed by atoms with E-state index in [4.69, 9.17) is 0 Å². The van der Waals surface area contributed by atoms with Crippen molar-refractivity contribution in [3.8, 4) is 0 Å². The van der Waals surface area contributed by atoms with Crippen molar-refractivity contribution in [3.05, 3.63) is 49.0 Å². The molecule has 0 fully saturated rings. The van der Waals surface area contributed by atoms with Crippen molar-refractivity contribution in [3.63, 3.8) is 0 Å². The molecule has 2 nitrogen and oxygen atoms in total. The molecule has 0 unspecified atom stereocenters. The van der Waals surface area contributed by atoms with Crippen molar-refractivity contribution in [1.29, 1.82) is 0 Å². The van der Waals surface area contributed by atoms with E-state index in [1.807, 2.05) is 42.9 Å². The van der Waals surface area contributed by atoms with Gasteiger partial charge in [0.2, 0.25) is 0 Å². The minimum absolute atomic E-state index is 1.16. The lowest BCUT2D eigenvalue weighted by Gasteiger charge is -2.02. The Bertz CT molecular complexity index is 202. The first-order chi connectivity index (χ1) is 6.50. The highest BCUT2D eigenvalue weighted by Gasteiger charge is 1.84. The van der Waals surface area contributed by atoms with Gasteiger partial charge in [-0.05, 0) is 31.2 Å². The highest BCUT2D eigenvalue weighted by Crippen LogP contribution is 1.91. The van der Waals surface area contributed by atoms with Gasteiger partial charge in [0.15, 0.2) is 0 Å². The van der Waals surface area contributed by atoms with Crippen LogP contribution in [0.25, 0.3) is 0 Å². The van der Waals surface area contributed by atoms with Crippen LogP contribution in [0.4, 0.5) is 0 Å². The molecular formula is C11H16N2. The summed E-state index contributed by atoms with van der Waals surface area (Å²) in [6, 6.07) is 0. The van der Waals surface area contributed by atoms with E-state index in [0.29, 0.717) is 0 Å². The molecule has 13 heavy (non-hydrogen) atoms. The van der Waals surface area contributed by atoms with Gasteiger partial charge in [-0.2, -0.15) is 0 Å². The lowest BCUT2D eigenvalue weighted by atomic mass is 10.2. The minimum Gasteiger partial charge on any atom is -0.391 e. The van der Waals surface area contributed by atoms with Crippen LogP contribution in [0.3, 0.4) is 0 Å². The Balaban J connectivity index is 0.000000132. The Morgan fingerprint density at radius 1 is 0.846 bits per heavy atom. The molecule has 0 aliphatic carbocycles. The van der Waals surface area contributed by atoms with Gasteiger partial charge in [0.25, 0.3) is 0 Å². The predicted molar refractivity (Wildman–Crippen MR) is 56.9 cm³/mol. The number of nitrogens with one attached hydrogen (secondary N) is 2. The van der Waals surface area contributed by atoms with Crippen molar-refractivity contribution in [2.24, 2.45) is 0 Å². The molecule has 0 spiro atoms. The lowest BCUT2D eigenvalue weighted by Crippen LogP contribution is -2.09. The molecule has 0 aromatic rings. The fourth-order valence-electron chi connectivity index (χ4n) is 0.978. The first-order valence-corrected chi connectivity index (χ1v) is 4.63. The van der Waals surface area contributed by atoms with Crippen molar-refractivity contribution in [2.75, 3.05) is 6.54 Å². The van der Waals surface area contributed by atoms with E-state index >= 15 is 0 Å². The Morgan fingerprint density at radius 3 is 2.00 bits per heavy atom. The first-order valence-electron chi connectivity index (χ1n) is 4.63. The van der Waals surface area contributed by atoms with E-state index < -0.39 is 0 Å². The van der Waals surface area contributed by atoms with Crippen molar-refractivity contribution in [1.82, 2.24) is 10.6 Å². The molecule has 2 aliphatic heterocycles. The van der Waals surface area contributed by atoms with Gasteiger partial charge >= 0.3 is 0 Å². The van der Waals surface area contributed by atoms with Crippen molar-refractivity contribution in [2.45, 2.75) is 12.8 Å². The molecule has 2 rings (SSSR count). The van der Waals surface area contributed by atoms with E-state index in [1.165, 1.54) is 12.8 Å². The summed E-state index contributed by atoms with van der Waals surface area (Å²) < 4.78 is 0. The van der Waals surface area contributed by atoms with Crippen LogP contribution in [-0.4, -0.2) is 6.54 Å². The van der Waals surface area contributed by atoms with Crippen molar-refractivity contribution < 1.29 is 0 Å². The molecule has 0 saturated carbocycles. The molecule has 0 amide bonds. The first kappa shape index (κ1) is 9.65. The van der Waals surface area contributed by atoms with Crippen LogP contribution < -0.4 is 10.6 Å². The summed E-state index contributed by atoms with van der Waals surface area (Å²) in [5.41, 5.74) is 0. The molecule has 0 aromatic carbocycles. The summed E-state index contributed by atoms with van der Waals surface area (Å²) in [4.78, 5) is 0. The van der Waals surface area contributed by atoms with Crippen LogP contribution in [0.5, 0.6) is 0 Å². The van der Waals surface area contributed by atoms with Crippen LogP contribution in [0.2, 0.25) is 0 Å². The topological polar surface area (TPSA) is 24.1 Å². The number of hydrogen-bond donors (Lipinski definition) is 2. The molecule has 0 bridgehead atoms. The second-order valence-corrected chi connectivity index (χ2v) is 2.77. The third-order valence-electron chi connectivity index (χ3n) is 1.65. The normalized spacial score (nSPS) is 17.8. The zero-order valence-corrected chi connectivity index (χ0v) is 7.74. The summed E-state index contributed by atoms with van der Waals surface area (Å²) >= 11 is 0. The summed E-state index contributed by atoms with van der Waals surface area (Å²) in [7, 11) is 0. The van der Waals surface area contributed by atoms with Gasteiger partial charge in [0, 0.05) is 18.9 Å². The fraction of sp³-hybridized carbons (Fsp3) is 0.273. The lowest BCUT2D eigenvalue weighted by molar-refractivity contribution is 0.728. The van der Waals surface area contributed by atoms with E-state index in [0.717, 1.165) is 6.54 Å². The summed E-state index contributed by atoms with van der Waals surface area (Å²) in [6.45, 7) is 1.16. The highest BCUT2D eigenvalue weighted by molar-refractivity contribution is 5.14. The highest BCUT2D eigenvalue weighted by atomic mass is 14.8. The molecule has 0 saturated heterocycles. The SMILES string of the molecule is C1=CC=CNC=C1.C1=CNCCC1. The number of allylic oxidation sites excluding steroid dienone is 5. The zero-order chi connectivity index (χ0) is 9.19. The standard InChI is InChI=1S/C6H7N.C5H9N/c1-2-4-6-7-5-3-1;1-2-4-6-5-3-1/h1-7H;2,4,6H,1,3,5H2. The molecule has 0 atom stereocenters. The minimum atomic E-state index is 1.16. The van der Waals surface area contributed by atoms with Crippen molar-refractivity contribution >= 4 is 0 Å². The van der Waals surface area contributed by atoms with Crippen LogP contribution in [0.15, 0.2) is 49.0 Å². The van der Waals surface area contributed by atoms with Gasteiger partial charge in [-0.1, -0.05) is 18.2 Å². The molecular weight excluding hydrogens is 160 g/mol. The average molecular weight is 176 g/mol. The smallest absolute Gasteiger partial charge is 0.0144 e. The average Bonchev–Trinajstić information content (AvgIpc) is 2.53. The maximum absolute atomic E-state index is 3.10. The molecule has 2 aliphatic rings. The quantitative estimate of drug-likeness (QED) is 0.590. The number of hydrogen-bond acceptors (Lipinski definition) is 2. The largest absolute Gasteiger partial charge is 0.391 e. The molecule has 0 aromatic heterocycles. The molecule has 2 heterocycles. The summed E-state index contributed by atoms with van der Waals surface area (Å²) in [5, 5.41) is 6.03. The molecule has 0 radical (unpaired) electrons. The Kier molecular flexibility index (Phi) is 5.36. The van der Waals surface area contributed by atoms with E-state index in [9.17, 15) is 0 Å². The van der Waals surface area contributed by atoms with Gasteiger partial charge in [0.05, 0.1) is 0 Å². The van der Waals surface area contributed by atoms with E-state index in [-0.39, 0.29) is 0 Å². The van der Waals surface area contributed by atoms with E-state index in [2.05, 4.69) is 16.7 Å². The fourth-order valence-corrected chi connectivity index (χ4v) is 0.978. The Labute approximate surface area is 79.7 Å². The number of rotatable bonds is 0. The van der Waals surface area contributed by atoms with Gasteiger partial charge in [0.1, 0.15) is 0 Å². The summed E-state index contributed by atoms with van der Waals surface area (Å²) in [5.74, 6) is 0. The van der Waals surface area contributed by atoms with Gasteiger partial charge in [-0.3, -0.25) is 0 Å². The Morgan fingerprint density at radius 2 is 1.62 bits per heavy atom. The summed E-state index contributed by atoms with van der Waals surface area (Å²) in [6.07, 6.45) is 18.3. The van der Waals surface area contributed by atoms with Gasteiger partial charge in [-0.15, -0.1) is 0 Å². The van der Waals surface area contributed by atoms with Crippen LogP contribution >= 0.6 is 0 Å². The second kappa shape index (κ2) is 7.22. The zero-order valence-electron chi connectivity index (χ0n) is 7.74. The van der Waals surface area contributed by atoms with Crippen LogP contribution in [0, 0.1) is 0 Å². The molecule has 70 valence electrons. The van der Waals surface area contributed by atoms with Gasteiger partial charge < -0.3 is 10.6 Å². The second-order valence-electron chi connectivity index (χ2n) is 2.77. The van der Waals surface area contributed by atoms with Gasteiger partial charge in [-0.25, -0.2) is 0 Å². The third-order valence-corrected chi connectivity index (χ3v) is 1.65. The van der Waals surface area contributed by atoms with Crippen LogP contribution in [0.1, 0.15) is 12.8 Å². The maximum atomic E-state index is 3.10.